The standard InChI is InChI=1S/C34H69NO/c1-6-10-12-13-14-15-22-33(9-4)23-17-19-29-36-31-34(25-20-26-34)24-18-16-21-32(5)30-35(27-8-3)28-11-7-2/h32-33H,6-31H2,1-5H3. The maximum Gasteiger partial charge on any atom is 0.0522 e. The second-order valence-electron chi connectivity index (χ2n) is 12.7. The lowest BCUT2D eigenvalue weighted by Crippen LogP contribution is -2.34. The van der Waals surface area contributed by atoms with E-state index in [1.54, 1.807) is 0 Å². The van der Waals surface area contributed by atoms with Gasteiger partial charge in [0.15, 0.2) is 0 Å². The van der Waals surface area contributed by atoms with Gasteiger partial charge in [-0.3, -0.25) is 0 Å². The van der Waals surface area contributed by atoms with Gasteiger partial charge in [-0.15, -0.1) is 0 Å². The fourth-order valence-electron chi connectivity index (χ4n) is 6.35. The predicted molar refractivity (Wildman–Crippen MR) is 162 cm³/mol. The van der Waals surface area contributed by atoms with E-state index in [1.165, 1.54) is 154 Å². The predicted octanol–water partition coefficient (Wildman–Crippen LogP) is 10.8. The molecule has 1 aliphatic carbocycles. The molecule has 0 aromatic rings. The molecule has 0 amide bonds. The van der Waals surface area contributed by atoms with Crippen LogP contribution in [0.15, 0.2) is 0 Å². The summed E-state index contributed by atoms with van der Waals surface area (Å²) >= 11 is 0. The molecule has 0 N–H and O–H groups in total. The van der Waals surface area contributed by atoms with Crippen molar-refractivity contribution >= 4 is 0 Å². The van der Waals surface area contributed by atoms with Gasteiger partial charge in [0.25, 0.3) is 0 Å². The molecule has 0 saturated heterocycles. The highest BCUT2D eigenvalue weighted by atomic mass is 16.5. The maximum atomic E-state index is 6.28. The third kappa shape index (κ3) is 16.7. The summed E-state index contributed by atoms with van der Waals surface area (Å²) in [5.74, 6) is 1.80. The zero-order valence-corrected chi connectivity index (χ0v) is 25.9. The molecule has 2 atom stereocenters. The highest BCUT2D eigenvalue weighted by Gasteiger charge is 2.36. The molecule has 0 aromatic carbocycles. The van der Waals surface area contributed by atoms with Gasteiger partial charge >= 0.3 is 0 Å². The van der Waals surface area contributed by atoms with E-state index in [-0.39, 0.29) is 0 Å². The van der Waals surface area contributed by atoms with Gasteiger partial charge in [0.1, 0.15) is 0 Å². The molecule has 1 rings (SSSR count). The maximum absolute atomic E-state index is 6.28. The number of ether oxygens (including phenoxy) is 1. The first-order valence-electron chi connectivity index (χ1n) is 16.9. The van der Waals surface area contributed by atoms with Crippen LogP contribution >= 0.6 is 0 Å². The molecule has 0 spiro atoms. The summed E-state index contributed by atoms with van der Waals surface area (Å²) in [5, 5.41) is 0. The van der Waals surface area contributed by atoms with Gasteiger partial charge in [-0.05, 0) is 75.3 Å². The monoisotopic (exact) mass is 508 g/mol. The third-order valence-corrected chi connectivity index (χ3v) is 9.11. The average Bonchev–Trinajstić information content (AvgIpc) is 2.85. The van der Waals surface area contributed by atoms with Gasteiger partial charge in [0.05, 0.1) is 6.61 Å². The van der Waals surface area contributed by atoms with Crippen LogP contribution in [0, 0.1) is 17.3 Å². The van der Waals surface area contributed by atoms with E-state index >= 15 is 0 Å². The first kappa shape index (κ1) is 33.9. The molecule has 2 heteroatoms. The van der Waals surface area contributed by atoms with Crippen molar-refractivity contribution in [2.45, 2.75) is 169 Å². The zero-order chi connectivity index (χ0) is 26.3. The lowest BCUT2D eigenvalue weighted by atomic mass is 9.66. The van der Waals surface area contributed by atoms with Crippen LogP contribution in [0.4, 0.5) is 0 Å². The van der Waals surface area contributed by atoms with Crippen molar-refractivity contribution in [1.29, 1.82) is 0 Å². The molecule has 1 aliphatic rings. The van der Waals surface area contributed by atoms with E-state index in [0.717, 1.165) is 25.0 Å². The van der Waals surface area contributed by atoms with Crippen LogP contribution in [0.2, 0.25) is 0 Å². The number of hydrogen-bond acceptors (Lipinski definition) is 2. The van der Waals surface area contributed by atoms with Crippen LogP contribution in [0.3, 0.4) is 0 Å². The van der Waals surface area contributed by atoms with E-state index in [1.807, 2.05) is 0 Å². The molecule has 36 heavy (non-hydrogen) atoms. The lowest BCUT2D eigenvalue weighted by Gasteiger charge is -2.42. The summed E-state index contributed by atoms with van der Waals surface area (Å²) in [6.07, 6.45) is 29.3. The smallest absolute Gasteiger partial charge is 0.0522 e. The van der Waals surface area contributed by atoms with E-state index < -0.39 is 0 Å². The van der Waals surface area contributed by atoms with Gasteiger partial charge in [-0.25, -0.2) is 0 Å². The Labute approximate surface area is 229 Å². The fourth-order valence-corrected chi connectivity index (χ4v) is 6.35. The molecule has 0 bridgehead atoms. The minimum atomic E-state index is 0.544. The molecule has 2 unspecified atom stereocenters. The first-order valence-corrected chi connectivity index (χ1v) is 16.9. The Hall–Kier alpha value is -0.0800. The van der Waals surface area contributed by atoms with Crippen LogP contribution in [0.5, 0.6) is 0 Å². The average molecular weight is 508 g/mol. The van der Waals surface area contributed by atoms with Crippen LogP contribution in [0.1, 0.15) is 169 Å². The number of hydrogen-bond donors (Lipinski definition) is 0. The number of rotatable bonds is 27. The van der Waals surface area contributed by atoms with E-state index in [0.29, 0.717) is 5.41 Å². The summed E-state index contributed by atoms with van der Waals surface area (Å²) in [6, 6.07) is 0. The Balaban J connectivity index is 2.09. The summed E-state index contributed by atoms with van der Waals surface area (Å²) in [4.78, 5) is 2.72. The normalized spacial score (nSPS) is 16.8. The molecule has 0 radical (unpaired) electrons. The largest absolute Gasteiger partial charge is 0.381 e. The summed E-state index contributed by atoms with van der Waals surface area (Å²) in [7, 11) is 0. The van der Waals surface area contributed by atoms with Crippen molar-refractivity contribution in [1.82, 2.24) is 4.90 Å². The van der Waals surface area contributed by atoms with E-state index in [2.05, 4.69) is 39.5 Å². The Morgan fingerprint density at radius 1 is 0.694 bits per heavy atom. The second kappa shape index (κ2) is 22.9. The third-order valence-electron chi connectivity index (χ3n) is 9.11. The molecular weight excluding hydrogens is 438 g/mol. The van der Waals surface area contributed by atoms with Crippen LogP contribution in [-0.4, -0.2) is 37.7 Å². The molecule has 216 valence electrons. The van der Waals surface area contributed by atoms with Crippen molar-refractivity contribution in [3.63, 3.8) is 0 Å². The topological polar surface area (TPSA) is 12.5 Å². The minimum Gasteiger partial charge on any atom is -0.381 e. The number of nitrogens with zero attached hydrogens (tertiary/aromatic N) is 1. The molecule has 2 nitrogen and oxygen atoms in total. The van der Waals surface area contributed by atoms with Gasteiger partial charge in [0, 0.05) is 13.2 Å². The van der Waals surface area contributed by atoms with Crippen molar-refractivity contribution < 1.29 is 4.74 Å². The Morgan fingerprint density at radius 3 is 2.00 bits per heavy atom. The SMILES string of the molecule is CCCCCCCCC(CC)CCCCOCC1(CCCCC(C)CN(CCC)CCCC)CCC1. The van der Waals surface area contributed by atoms with Crippen molar-refractivity contribution in [2.75, 3.05) is 32.8 Å². The Morgan fingerprint density at radius 2 is 1.36 bits per heavy atom. The second-order valence-corrected chi connectivity index (χ2v) is 12.7. The van der Waals surface area contributed by atoms with Crippen LogP contribution < -0.4 is 0 Å². The highest BCUT2D eigenvalue weighted by Crippen LogP contribution is 2.45. The molecule has 0 aromatic heterocycles. The number of unbranched alkanes of at least 4 members (excludes halogenated alkanes) is 8. The minimum absolute atomic E-state index is 0.544. The van der Waals surface area contributed by atoms with Crippen molar-refractivity contribution in [3.05, 3.63) is 0 Å². The molecular formula is C34H69NO. The molecule has 1 fully saturated rings. The van der Waals surface area contributed by atoms with Gasteiger partial charge < -0.3 is 9.64 Å². The molecule has 0 aliphatic heterocycles. The molecule has 0 heterocycles. The highest BCUT2D eigenvalue weighted by molar-refractivity contribution is 4.87. The molecule has 1 saturated carbocycles. The summed E-state index contributed by atoms with van der Waals surface area (Å²) in [5.41, 5.74) is 0.544. The first-order chi connectivity index (χ1) is 17.6. The van der Waals surface area contributed by atoms with Crippen LogP contribution in [-0.2, 0) is 4.74 Å². The Bertz CT molecular complexity index is 460. The van der Waals surface area contributed by atoms with Gasteiger partial charge in [0.2, 0.25) is 0 Å². The zero-order valence-electron chi connectivity index (χ0n) is 25.9. The Kier molecular flexibility index (Phi) is 21.6. The lowest BCUT2D eigenvalue weighted by molar-refractivity contribution is -0.0151. The quantitative estimate of drug-likeness (QED) is 0.102. The summed E-state index contributed by atoms with van der Waals surface area (Å²) in [6.45, 7) is 17.7. The van der Waals surface area contributed by atoms with Gasteiger partial charge in [-0.2, -0.15) is 0 Å². The van der Waals surface area contributed by atoms with E-state index in [9.17, 15) is 0 Å². The van der Waals surface area contributed by atoms with Crippen LogP contribution in [0.25, 0.3) is 0 Å². The summed E-state index contributed by atoms with van der Waals surface area (Å²) < 4.78 is 6.28. The van der Waals surface area contributed by atoms with Crippen molar-refractivity contribution in [2.24, 2.45) is 17.3 Å². The van der Waals surface area contributed by atoms with E-state index in [4.69, 9.17) is 4.74 Å². The fraction of sp³-hybridized carbons (Fsp3) is 1.00. The van der Waals surface area contributed by atoms with Gasteiger partial charge in [-0.1, -0.05) is 125 Å². The van der Waals surface area contributed by atoms with Crippen molar-refractivity contribution in [3.8, 4) is 0 Å².